The first kappa shape index (κ1) is 16.7. The summed E-state index contributed by atoms with van der Waals surface area (Å²) in [5, 5.41) is 6.98. The first-order chi connectivity index (χ1) is 11.1. The van der Waals surface area contributed by atoms with E-state index < -0.39 is 6.10 Å². The van der Waals surface area contributed by atoms with E-state index in [1.165, 1.54) is 11.3 Å². The Hall–Kier alpha value is -1.15. The second kappa shape index (κ2) is 7.61. The molecule has 0 bridgehead atoms. The van der Waals surface area contributed by atoms with Gasteiger partial charge in [-0.3, -0.25) is 9.69 Å². The van der Waals surface area contributed by atoms with E-state index in [0.717, 1.165) is 36.9 Å². The van der Waals surface area contributed by atoms with Crippen LogP contribution in [0.25, 0.3) is 0 Å². The molecule has 2 aliphatic rings. The molecule has 3 heterocycles. The average Bonchev–Trinajstić information content (AvgIpc) is 3.22. The number of ether oxygens (including phenoxy) is 1. The number of morpholine rings is 1. The summed E-state index contributed by atoms with van der Waals surface area (Å²) < 4.78 is 6.04. The molecule has 0 unspecified atom stereocenters. The fraction of sp³-hybridized carbons (Fsp3) is 0.600. The van der Waals surface area contributed by atoms with Gasteiger partial charge in [-0.25, -0.2) is 0 Å². The van der Waals surface area contributed by atoms with Crippen molar-refractivity contribution in [3.63, 3.8) is 0 Å². The van der Waals surface area contributed by atoms with Crippen molar-refractivity contribution in [2.45, 2.75) is 25.5 Å². The summed E-state index contributed by atoms with van der Waals surface area (Å²) in [6.07, 6.45) is -0.0722. The van der Waals surface area contributed by atoms with Crippen LogP contribution in [0.3, 0.4) is 0 Å². The molecule has 1 N–H and O–H groups in total. The SMILES string of the molecule is C[C@H](CNC(=O)[C@H]1CC(c2ccc(Cl)s2)=NO1)N1CCOCC1. The summed E-state index contributed by atoms with van der Waals surface area (Å²) in [4.78, 5) is 20.8. The number of halogens is 1. The number of thiophene rings is 1. The molecule has 126 valence electrons. The van der Waals surface area contributed by atoms with Crippen LogP contribution >= 0.6 is 22.9 Å². The third-order valence-electron chi connectivity index (χ3n) is 4.06. The van der Waals surface area contributed by atoms with Crippen LogP contribution in [0.2, 0.25) is 4.34 Å². The van der Waals surface area contributed by atoms with Gasteiger partial charge in [0.25, 0.3) is 5.91 Å². The molecular weight excluding hydrogens is 338 g/mol. The van der Waals surface area contributed by atoms with Crippen LogP contribution in [-0.4, -0.2) is 61.5 Å². The summed E-state index contributed by atoms with van der Waals surface area (Å²) in [7, 11) is 0. The first-order valence-electron chi connectivity index (χ1n) is 7.71. The molecular formula is C15H20ClN3O3S. The molecule has 0 spiro atoms. The molecule has 0 aliphatic carbocycles. The van der Waals surface area contributed by atoms with Gasteiger partial charge in [0.15, 0.2) is 0 Å². The van der Waals surface area contributed by atoms with Crippen LogP contribution in [0, 0.1) is 0 Å². The number of oxime groups is 1. The normalized spacial score (nSPS) is 23.2. The molecule has 8 heteroatoms. The maximum atomic E-state index is 12.2. The van der Waals surface area contributed by atoms with E-state index >= 15 is 0 Å². The second-order valence-corrected chi connectivity index (χ2v) is 7.40. The van der Waals surface area contributed by atoms with Crippen molar-refractivity contribution in [2.24, 2.45) is 5.16 Å². The second-order valence-electron chi connectivity index (χ2n) is 5.68. The largest absolute Gasteiger partial charge is 0.382 e. The van der Waals surface area contributed by atoms with E-state index in [9.17, 15) is 4.79 Å². The van der Waals surface area contributed by atoms with Gasteiger partial charge in [-0.1, -0.05) is 16.8 Å². The van der Waals surface area contributed by atoms with Crippen molar-refractivity contribution in [3.8, 4) is 0 Å². The maximum Gasteiger partial charge on any atom is 0.264 e. The predicted molar refractivity (Wildman–Crippen MR) is 90.2 cm³/mol. The van der Waals surface area contributed by atoms with Crippen molar-refractivity contribution in [2.75, 3.05) is 32.8 Å². The summed E-state index contributed by atoms with van der Waals surface area (Å²) >= 11 is 7.37. The molecule has 6 nitrogen and oxygen atoms in total. The van der Waals surface area contributed by atoms with Gasteiger partial charge in [0, 0.05) is 32.1 Å². The molecule has 1 aromatic heterocycles. The lowest BCUT2D eigenvalue weighted by atomic mass is 10.1. The van der Waals surface area contributed by atoms with Crippen LogP contribution in [-0.2, 0) is 14.4 Å². The van der Waals surface area contributed by atoms with Crippen LogP contribution in [0.1, 0.15) is 18.2 Å². The number of amides is 1. The quantitative estimate of drug-likeness (QED) is 0.871. The highest BCUT2D eigenvalue weighted by atomic mass is 35.5. The van der Waals surface area contributed by atoms with Gasteiger partial charge >= 0.3 is 0 Å². The Labute approximate surface area is 144 Å². The van der Waals surface area contributed by atoms with Crippen molar-refractivity contribution in [1.82, 2.24) is 10.2 Å². The summed E-state index contributed by atoms with van der Waals surface area (Å²) in [6.45, 7) is 6.03. The number of hydrogen-bond donors (Lipinski definition) is 1. The van der Waals surface area contributed by atoms with Gasteiger partial charge in [0.05, 0.1) is 22.4 Å². The first-order valence-corrected chi connectivity index (χ1v) is 8.91. The number of nitrogens with zero attached hydrogens (tertiary/aromatic N) is 2. The average molecular weight is 358 g/mol. The third-order valence-corrected chi connectivity index (χ3v) is 5.34. The van der Waals surface area contributed by atoms with Crippen LogP contribution < -0.4 is 5.32 Å². The minimum Gasteiger partial charge on any atom is -0.382 e. The Balaban J connectivity index is 1.44. The predicted octanol–water partition coefficient (Wildman–Crippen LogP) is 1.73. The van der Waals surface area contributed by atoms with Crippen molar-refractivity contribution in [3.05, 3.63) is 21.3 Å². The molecule has 2 atom stereocenters. The van der Waals surface area contributed by atoms with Gasteiger partial charge in [0.1, 0.15) is 5.71 Å². The van der Waals surface area contributed by atoms with Crippen molar-refractivity contribution >= 4 is 34.6 Å². The molecule has 0 aromatic carbocycles. The molecule has 3 rings (SSSR count). The maximum absolute atomic E-state index is 12.2. The molecule has 0 saturated carbocycles. The van der Waals surface area contributed by atoms with Gasteiger partial charge in [-0.2, -0.15) is 0 Å². The van der Waals surface area contributed by atoms with Crippen molar-refractivity contribution in [1.29, 1.82) is 0 Å². The molecule has 0 radical (unpaired) electrons. The fourth-order valence-corrected chi connectivity index (χ4v) is 3.68. The Bertz CT molecular complexity index is 586. The van der Waals surface area contributed by atoms with E-state index in [1.54, 1.807) is 0 Å². The zero-order valence-corrected chi connectivity index (χ0v) is 14.5. The Morgan fingerprint density at radius 3 is 3.00 bits per heavy atom. The van der Waals surface area contributed by atoms with Crippen molar-refractivity contribution < 1.29 is 14.4 Å². The van der Waals surface area contributed by atoms with Crippen LogP contribution in [0.4, 0.5) is 0 Å². The van der Waals surface area contributed by atoms with E-state index in [2.05, 4.69) is 22.3 Å². The Morgan fingerprint density at radius 1 is 1.52 bits per heavy atom. The highest BCUT2D eigenvalue weighted by molar-refractivity contribution is 7.18. The number of carbonyl (C=O) groups excluding carboxylic acids is 1. The Morgan fingerprint density at radius 2 is 2.30 bits per heavy atom. The van der Waals surface area contributed by atoms with Gasteiger partial charge < -0.3 is 14.9 Å². The molecule has 23 heavy (non-hydrogen) atoms. The zero-order valence-electron chi connectivity index (χ0n) is 13.0. The summed E-state index contributed by atoms with van der Waals surface area (Å²) in [6, 6.07) is 4.00. The zero-order chi connectivity index (χ0) is 16.2. The number of nitrogens with one attached hydrogen (secondary N) is 1. The topological polar surface area (TPSA) is 63.2 Å². The van der Waals surface area contributed by atoms with E-state index in [4.69, 9.17) is 21.2 Å². The van der Waals surface area contributed by atoms with Crippen LogP contribution in [0.15, 0.2) is 17.3 Å². The minimum atomic E-state index is -0.553. The minimum absolute atomic E-state index is 0.119. The Kier molecular flexibility index (Phi) is 5.53. The number of rotatable bonds is 5. The highest BCUT2D eigenvalue weighted by Gasteiger charge is 2.30. The highest BCUT2D eigenvalue weighted by Crippen LogP contribution is 2.26. The van der Waals surface area contributed by atoms with E-state index in [-0.39, 0.29) is 11.9 Å². The fourth-order valence-electron chi connectivity index (χ4n) is 2.64. The van der Waals surface area contributed by atoms with Gasteiger partial charge in [-0.05, 0) is 19.1 Å². The monoisotopic (exact) mass is 357 g/mol. The van der Waals surface area contributed by atoms with Crippen LogP contribution in [0.5, 0.6) is 0 Å². The lowest BCUT2D eigenvalue weighted by molar-refractivity contribution is -0.131. The van der Waals surface area contributed by atoms with E-state index in [0.29, 0.717) is 17.3 Å². The summed E-state index contributed by atoms with van der Waals surface area (Å²) in [5.74, 6) is -0.119. The number of hydrogen-bond acceptors (Lipinski definition) is 6. The summed E-state index contributed by atoms with van der Waals surface area (Å²) in [5.41, 5.74) is 0.781. The smallest absolute Gasteiger partial charge is 0.264 e. The lowest BCUT2D eigenvalue weighted by Crippen LogP contribution is -2.48. The lowest BCUT2D eigenvalue weighted by Gasteiger charge is -2.32. The third kappa shape index (κ3) is 4.23. The number of carbonyl (C=O) groups is 1. The standard InChI is InChI=1S/C15H20ClN3O3S/c1-10(19-4-6-21-7-5-19)9-17-15(20)12-8-11(18-22-12)13-2-3-14(16)23-13/h2-3,10,12H,4-9H2,1H3,(H,17,20)/t10-,12-/m1/s1. The van der Waals surface area contributed by atoms with Gasteiger partial charge in [-0.15, -0.1) is 11.3 Å². The molecule has 2 aliphatic heterocycles. The van der Waals surface area contributed by atoms with Gasteiger partial charge in [0.2, 0.25) is 6.10 Å². The molecule has 1 aromatic rings. The molecule has 1 amide bonds. The molecule has 1 fully saturated rings. The molecule has 1 saturated heterocycles. The van der Waals surface area contributed by atoms with E-state index in [1.807, 2.05) is 12.1 Å².